The summed E-state index contributed by atoms with van der Waals surface area (Å²) >= 11 is 0. The maximum atomic E-state index is 10.1. The molecule has 2 saturated heterocycles. The SMILES string of the molecule is CC1(O)C[C@H]2CC[C@@H](C1)N2CC1CC1. The molecule has 2 heteroatoms. The lowest BCUT2D eigenvalue weighted by molar-refractivity contribution is -0.0396. The second-order valence-corrected chi connectivity index (χ2v) is 5.93. The Morgan fingerprint density at radius 2 is 1.71 bits per heavy atom. The number of aliphatic hydroxyl groups is 1. The fraction of sp³-hybridized carbons (Fsp3) is 1.00. The van der Waals surface area contributed by atoms with Crippen LogP contribution in [0.25, 0.3) is 0 Å². The van der Waals surface area contributed by atoms with E-state index >= 15 is 0 Å². The minimum absolute atomic E-state index is 0.369. The van der Waals surface area contributed by atoms with E-state index in [1.807, 2.05) is 6.92 Å². The van der Waals surface area contributed by atoms with E-state index in [-0.39, 0.29) is 5.60 Å². The van der Waals surface area contributed by atoms with Crippen LogP contribution >= 0.6 is 0 Å². The van der Waals surface area contributed by atoms with Crippen molar-refractivity contribution in [1.82, 2.24) is 4.90 Å². The molecule has 3 rings (SSSR count). The summed E-state index contributed by atoms with van der Waals surface area (Å²) in [5.41, 5.74) is -0.369. The van der Waals surface area contributed by atoms with Crippen molar-refractivity contribution in [3.8, 4) is 0 Å². The van der Waals surface area contributed by atoms with Crippen LogP contribution in [0.4, 0.5) is 0 Å². The third-order valence-electron chi connectivity index (χ3n) is 4.29. The Morgan fingerprint density at radius 1 is 1.14 bits per heavy atom. The Bertz CT molecular complexity index is 218. The molecular formula is C12H21NO. The average molecular weight is 195 g/mol. The maximum absolute atomic E-state index is 10.1. The van der Waals surface area contributed by atoms with Gasteiger partial charge in [-0.15, -0.1) is 0 Å². The Balaban J connectivity index is 1.70. The standard InChI is InChI=1S/C12H21NO/c1-12(14)6-10-4-5-11(7-12)13(10)8-9-2-3-9/h9-11,14H,2-8H2,1H3/t10-,11+,12?. The molecule has 0 aromatic heterocycles. The fourth-order valence-corrected chi connectivity index (χ4v) is 3.45. The molecule has 2 bridgehead atoms. The molecule has 0 radical (unpaired) electrons. The van der Waals surface area contributed by atoms with E-state index in [2.05, 4.69) is 4.90 Å². The highest BCUT2D eigenvalue weighted by molar-refractivity contribution is 5.01. The number of nitrogens with zero attached hydrogens (tertiary/aromatic N) is 1. The monoisotopic (exact) mass is 195 g/mol. The largest absolute Gasteiger partial charge is 0.390 e. The van der Waals surface area contributed by atoms with Crippen LogP contribution in [0.2, 0.25) is 0 Å². The van der Waals surface area contributed by atoms with E-state index < -0.39 is 0 Å². The molecule has 2 aliphatic heterocycles. The summed E-state index contributed by atoms with van der Waals surface area (Å²) < 4.78 is 0. The van der Waals surface area contributed by atoms with Gasteiger partial charge >= 0.3 is 0 Å². The van der Waals surface area contributed by atoms with Gasteiger partial charge in [0.2, 0.25) is 0 Å². The number of rotatable bonds is 2. The lowest BCUT2D eigenvalue weighted by Gasteiger charge is -2.42. The highest BCUT2D eigenvalue weighted by Crippen LogP contribution is 2.43. The van der Waals surface area contributed by atoms with Crippen molar-refractivity contribution in [2.75, 3.05) is 6.54 Å². The van der Waals surface area contributed by atoms with Crippen molar-refractivity contribution in [1.29, 1.82) is 0 Å². The number of hydrogen-bond acceptors (Lipinski definition) is 2. The molecule has 80 valence electrons. The van der Waals surface area contributed by atoms with Gasteiger partial charge in [-0.3, -0.25) is 4.90 Å². The Labute approximate surface area is 86.3 Å². The summed E-state index contributed by atoms with van der Waals surface area (Å²) in [6, 6.07) is 1.40. The van der Waals surface area contributed by atoms with Gasteiger partial charge in [-0.1, -0.05) is 0 Å². The first-order chi connectivity index (χ1) is 6.64. The summed E-state index contributed by atoms with van der Waals surface area (Å²) in [5.74, 6) is 1.00. The van der Waals surface area contributed by atoms with Crippen LogP contribution in [0.3, 0.4) is 0 Å². The molecule has 1 unspecified atom stereocenters. The van der Waals surface area contributed by atoms with Gasteiger partial charge in [0.1, 0.15) is 0 Å². The fourth-order valence-electron chi connectivity index (χ4n) is 3.45. The first-order valence-electron chi connectivity index (χ1n) is 6.12. The second-order valence-electron chi connectivity index (χ2n) is 5.93. The highest BCUT2D eigenvalue weighted by Gasteiger charge is 2.46. The molecule has 0 aromatic rings. The molecule has 2 nitrogen and oxygen atoms in total. The predicted molar refractivity (Wildman–Crippen MR) is 56.1 cm³/mol. The van der Waals surface area contributed by atoms with E-state index in [9.17, 15) is 5.11 Å². The van der Waals surface area contributed by atoms with E-state index in [4.69, 9.17) is 0 Å². The molecule has 2 heterocycles. The first kappa shape index (κ1) is 9.17. The summed E-state index contributed by atoms with van der Waals surface area (Å²) in [7, 11) is 0. The zero-order valence-corrected chi connectivity index (χ0v) is 9.08. The van der Waals surface area contributed by atoms with Gasteiger partial charge in [-0.05, 0) is 51.4 Å². The summed E-state index contributed by atoms with van der Waals surface area (Å²) in [4.78, 5) is 2.70. The van der Waals surface area contributed by atoms with Crippen LogP contribution in [0.1, 0.15) is 45.4 Å². The normalized spacial score (nSPS) is 48.4. The van der Waals surface area contributed by atoms with E-state index in [1.165, 1.54) is 32.2 Å². The molecule has 1 N–H and O–H groups in total. The van der Waals surface area contributed by atoms with Crippen LogP contribution < -0.4 is 0 Å². The lowest BCUT2D eigenvalue weighted by Crippen LogP contribution is -2.50. The molecule has 0 aromatic carbocycles. The lowest BCUT2D eigenvalue weighted by atomic mass is 9.88. The quantitative estimate of drug-likeness (QED) is 0.726. The first-order valence-corrected chi connectivity index (χ1v) is 6.12. The van der Waals surface area contributed by atoms with Crippen molar-refractivity contribution in [3.05, 3.63) is 0 Å². The molecule has 3 atom stereocenters. The molecule has 0 spiro atoms. The van der Waals surface area contributed by atoms with Crippen molar-refractivity contribution >= 4 is 0 Å². The van der Waals surface area contributed by atoms with Crippen LogP contribution in [0, 0.1) is 5.92 Å². The van der Waals surface area contributed by atoms with Crippen LogP contribution in [-0.4, -0.2) is 34.2 Å². The van der Waals surface area contributed by atoms with Gasteiger partial charge in [-0.2, -0.15) is 0 Å². The smallest absolute Gasteiger partial charge is 0.0649 e. The molecule has 0 amide bonds. The van der Waals surface area contributed by atoms with Crippen molar-refractivity contribution in [3.63, 3.8) is 0 Å². The molecule has 1 saturated carbocycles. The summed E-state index contributed by atoms with van der Waals surface area (Å²) in [6.07, 6.45) is 7.58. The Morgan fingerprint density at radius 3 is 2.21 bits per heavy atom. The highest BCUT2D eigenvalue weighted by atomic mass is 16.3. The molecule has 3 fully saturated rings. The van der Waals surface area contributed by atoms with Gasteiger partial charge < -0.3 is 5.11 Å². The van der Waals surface area contributed by atoms with Gasteiger partial charge in [-0.25, -0.2) is 0 Å². The minimum Gasteiger partial charge on any atom is -0.390 e. The topological polar surface area (TPSA) is 23.5 Å². The number of piperidine rings is 1. The third-order valence-corrected chi connectivity index (χ3v) is 4.29. The van der Waals surface area contributed by atoms with Crippen molar-refractivity contribution < 1.29 is 5.11 Å². The zero-order valence-electron chi connectivity index (χ0n) is 9.08. The van der Waals surface area contributed by atoms with Crippen LogP contribution in [0.5, 0.6) is 0 Å². The van der Waals surface area contributed by atoms with E-state index in [0.29, 0.717) is 12.1 Å². The minimum atomic E-state index is -0.369. The number of fused-ring (bicyclic) bond motifs is 2. The van der Waals surface area contributed by atoms with E-state index in [1.54, 1.807) is 0 Å². The molecule has 14 heavy (non-hydrogen) atoms. The second kappa shape index (κ2) is 2.96. The molecule has 3 aliphatic rings. The van der Waals surface area contributed by atoms with Gasteiger partial charge in [0.15, 0.2) is 0 Å². The zero-order chi connectivity index (χ0) is 9.76. The third kappa shape index (κ3) is 1.59. The molecular weight excluding hydrogens is 174 g/mol. The Kier molecular flexibility index (Phi) is 1.94. The van der Waals surface area contributed by atoms with Gasteiger partial charge in [0.25, 0.3) is 0 Å². The van der Waals surface area contributed by atoms with Crippen molar-refractivity contribution in [2.45, 2.75) is 63.1 Å². The van der Waals surface area contributed by atoms with Gasteiger partial charge in [0, 0.05) is 18.6 Å². The van der Waals surface area contributed by atoms with E-state index in [0.717, 1.165) is 18.8 Å². The van der Waals surface area contributed by atoms with Crippen LogP contribution in [0.15, 0.2) is 0 Å². The maximum Gasteiger partial charge on any atom is 0.0649 e. The molecule has 1 aliphatic carbocycles. The summed E-state index contributed by atoms with van der Waals surface area (Å²) in [5, 5.41) is 10.1. The van der Waals surface area contributed by atoms with Gasteiger partial charge in [0.05, 0.1) is 5.60 Å². The van der Waals surface area contributed by atoms with Crippen LogP contribution in [-0.2, 0) is 0 Å². The average Bonchev–Trinajstić information content (AvgIpc) is 2.83. The number of hydrogen-bond donors (Lipinski definition) is 1. The van der Waals surface area contributed by atoms with Crippen molar-refractivity contribution in [2.24, 2.45) is 5.92 Å². The Hall–Kier alpha value is -0.0800. The summed E-state index contributed by atoms with van der Waals surface area (Å²) in [6.45, 7) is 3.35. The predicted octanol–water partition coefficient (Wildman–Crippen LogP) is 1.77.